The molecule has 0 aromatic heterocycles. The van der Waals surface area contributed by atoms with E-state index >= 15 is 0 Å². The van der Waals surface area contributed by atoms with Crippen molar-refractivity contribution in [3.8, 4) is 0 Å². The van der Waals surface area contributed by atoms with Crippen LogP contribution >= 0.6 is 0 Å². The Labute approximate surface area is 200 Å². The number of unbranched alkanes of at least 4 members (excludes halogenated alkanes) is 6. The third-order valence-electron chi connectivity index (χ3n) is 4.51. The van der Waals surface area contributed by atoms with E-state index < -0.39 is 18.0 Å². The normalized spacial score (nSPS) is 12.2. The van der Waals surface area contributed by atoms with Gasteiger partial charge in [0, 0.05) is 0 Å². The van der Waals surface area contributed by atoms with Gasteiger partial charge in [0.1, 0.15) is 13.2 Å². The molecule has 0 saturated heterocycles. The number of allylic oxidation sites excluding steroid dienone is 6. The van der Waals surface area contributed by atoms with Crippen LogP contribution in [0.25, 0.3) is 0 Å². The van der Waals surface area contributed by atoms with Crippen LogP contribution in [-0.4, -0.2) is 37.9 Å². The Hall–Kier alpha value is -2.66. The van der Waals surface area contributed by atoms with Crippen LogP contribution < -0.4 is 0 Å². The lowest BCUT2D eigenvalue weighted by Gasteiger charge is -2.15. The Morgan fingerprint density at radius 1 is 0.606 bits per heavy atom. The minimum atomic E-state index is -0.999. The van der Waals surface area contributed by atoms with Crippen LogP contribution in [0.5, 0.6) is 0 Å². The highest BCUT2D eigenvalue weighted by molar-refractivity contribution is 5.82. The van der Waals surface area contributed by atoms with Gasteiger partial charge in [-0.15, -0.1) is 19.7 Å². The number of rotatable bonds is 22. The van der Waals surface area contributed by atoms with E-state index in [2.05, 4.69) is 19.7 Å². The predicted octanol–water partition coefficient (Wildman–Crippen LogP) is 6.59. The molecule has 184 valence electrons. The molecule has 0 N–H and O–H groups in total. The highest BCUT2D eigenvalue weighted by Gasteiger charge is 2.24. The van der Waals surface area contributed by atoms with Gasteiger partial charge in [0.2, 0.25) is 0 Å². The van der Waals surface area contributed by atoms with E-state index in [1.54, 1.807) is 12.2 Å². The first kappa shape index (κ1) is 30.3. The Balaban J connectivity index is 4.51. The summed E-state index contributed by atoms with van der Waals surface area (Å²) in [6.07, 6.45) is 24.4. The zero-order chi connectivity index (χ0) is 24.4. The molecule has 5 heteroatoms. The maximum Gasteiger partial charge on any atom is 0.336 e. The van der Waals surface area contributed by atoms with Crippen molar-refractivity contribution in [2.75, 3.05) is 19.8 Å². The zero-order valence-corrected chi connectivity index (χ0v) is 20.1. The fourth-order valence-electron chi connectivity index (χ4n) is 2.65. The lowest BCUT2D eigenvalue weighted by molar-refractivity contribution is -0.161. The third kappa shape index (κ3) is 21.0. The van der Waals surface area contributed by atoms with Gasteiger partial charge in [-0.3, -0.25) is 4.79 Å². The molecule has 0 fully saturated rings. The smallest absolute Gasteiger partial charge is 0.336 e. The third-order valence-corrected chi connectivity index (χ3v) is 4.51. The SMILES string of the molecule is C=CCCCC=CCOC(=O)CC(OCC=CCCCC=C)C(=O)OCC=CCCCC=C. The molecule has 1 atom stereocenters. The Kier molecular flexibility index (Phi) is 22.1. The largest absolute Gasteiger partial charge is 0.461 e. The van der Waals surface area contributed by atoms with Crippen molar-refractivity contribution >= 4 is 11.9 Å². The van der Waals surface area contributed by atoms with Crippen molar-refractivity contribution in [3.63, 3.8) is 0 Å². The highest BCUT2D eigenvalue weighted by atomic mass is 16.6. The van der Waals surface area contributed by atoms with Crippen molar-refractivity contribution in [1.82, 2.24) is 0 Å². The topological polar surface area (TPSA) is 61.8 Å². The summed E-state index contributed by atoms with van der Waals surface area (Å²) in [6.45, 7) is 11.6. The standard InChI is InChI=1S/C28H42O5/c1-4-7-10-13-16-19-22-31-26(28(30)33-24-21-18-15-12-9-6-3)25-27(29)32-23-20-17-14-11-8-5-2/h4-6,16-21,26H,1-3,7-15,22-25H2. The molecule has 0 spiro atoms. The number of hydrogen-bond donors (Lipinski definition) is 0. The second-order valence-electron chi connectivity index (χ2n) is 7.41. The van der Waals surface area contributed by atoms with Gasteiger partial charge in [-0.25, -0.2) is 4.79 Å². The molecule has 0 aliphatic rings. The first-order valence-electron chi connectivity index (χ1n) is 11.9. The molecule has 0 amide bonds. The van der Waals surface area contributed by atoms with Crippen LogP contribution in [0.3, 0.4) is 0 Å². The van der Waals surface area contributed by atoms with Gasteiger partial charge in [-0.05, 0) is 57.8 Å². The molecular weight excluding hydrogens is 416 g/mol. The van der Waals surface area contributed by atoms with Gasteiger partial charge in [-0.2, -0.15) is 0 Å². The van der Waals surface area contributed by atoms with Gasteiger partial charge in [-0.1, -0.05) is 54.7 Å². The Bertz CT molecular complexity index is 630. The average Bonchev–Trinajstić information content (AvgIpc) is 2.81. The zero-order valence-electron chi connectivity index (χ0n) is 20.1. The molecule has 0 heterocycles. The lowest BCUT2D eigenvalue weighted by atomic mass is 10.2. The van der Waals surface area contributed by atoms with Crippen LogP contribution in [0, 0.1) is 0 Å². The molecule has 0 aromatic rings. The monoisotopic (exact) mass is 458 g/mol. The minimum absolute atomic E-state index is 0.146. The number of carbonyl (C=O) groups is 2. The van der Waals surface area contributed by atoms with Crippen molar-refractivity contribution in [2.45, 2.75) is 70.3 Å². The molecule has 0 saturated carbocycles. The summed E-state index contributed by atoms with van der Waals surface area (Å²) >= 11 is 0. The van der Waals surface area contributed by atoms with Gasteiger partial charge < -0.3 is 14.2 Å². The van der Waals surface area contributed by atoms with E-state index in [0.29, 0.717) is 0 Å². The first-order valence-corrected chi connectivity index (χ1v) is 11.9. The Morgan fingerprint density at radius 3 is 1.55 bits per heavy atom. The number of esters is 2. The first-order chi connectivity index (χ1) is 16.2. The summed E-state index contributed by atoms with van der Waals surface area (Å²) < 4.78 is 16.1. The summed E-state index contributed by atoms with van der Waals surface area (Å²) in [7, 11) is 0. The number of ether oxygens (including phenoxy) is 3. The van der Waals surface area contributed by atoms with Crippen LogP contribution in [0.1, 0.15) is 64.2 Å². The van der Waals surface area contributed by atoms with Crippen molar-refractivity contribution in [1.29, 1.82) is 0 Å². The average molecular weight is 459 g/mol. The lowest BCUT2D eigenvalue weighted by Crippen LogP contribution is -2.30. The summed E-state index contributed by atoms with van der Waals surface area (Å²) in [5.74, 6) is -1.06. The van der Waals surface area contributed by atoms with E-state index in [0.717, 1.165) is 57.8 Å². The van der Waals surface area contributed by atoms with E-state index in [9.17, 15) is 9.59 Å². The van der Waals surface area contributed by atoms with Crippen molar-refractivity contribution < 1.29 is 23.8 Å². The number of carbonyl (C=O) groups excluding carboxylic acids is 2. The molecule has 5 nitrogen and oxygen atoms in total. The molecular formula is C28H42O5. The van der Waals surface area contributed by atoms with Gasteiger partial charge in [0.25, 0.3) is 0 Å². The molecule has 0 radical (unpaired) electrons. The van der Waals surface area contributed by atoms with E-state index in [1.807, 2.05) is 42.5 Å². The molecule has 0 bridgehead atoms. The van der Waals surface area contributed by atoms with E-state index in [4.69, 9.17) is 14.2 Å². The molecule has 0 rings (SSSR count). The fraction of sp³-hybridized carbons (Fsp3) is 0.500. The maximum atomic E-state index is 12.4. The number of hydrogen-bond acceptors (Lipinski definition) is 5. The highest BCUT2D eigenvalue weighted by Crippen LogP contribution is 2.06. The van der Waals surface area contributed by atoms with Crippen LogP contribution in [0.15, 0.2) is 74.4 Å². The van der Waals surface area contributed by atoms with Crippen molar-refractivity contribution in [3.05, 3.63) is 74.4 Å². The molecule has 33 heavy (non-hydrogen) atoms. The van der Waals surface area contributed by atoms with Crippen LogP contribution in [0.4, 0.5) is 0 Å². The summed E-state index contributed by atoms with van der Waals surface area (Å²) in [5, 5.41) is 0. The van der Waals surface area contributed by atoms with E-state index in [-0.39, 0.29) is 26.2 Å². The second kappa shape index (κ2) is 24.0. The molecule has 0 aliphatic heterocycles. The molecule has 1 unspecified atom stereocenters. The molecule has 0 aromatic carbocycles. The predicted molar refractivity (Wildman–Crippen MR) is 136 cm³/mol. The quantitative estimate of drug-likeness (QED) is 0.104. The maximum absolute atomic E-state index is 12.4. The van der Waals surface area contributed by atoms with E-state index in [1.165, 1.54) is 0 Å². The second-order valence-corrected chi connectivity index (χ2v) is 7.41. The van der Waals surface area contributed by atoms with Gasteiger partial charge in [0.15, 0.2) is 6.10 Å². The van der Waals surface area contributed by atoms with Gasteiger partial charge in [0.05, 0.1) is 13.0 Å². The molecule has 0 aliphatic carbocycles. The Morgan fingerprint density at radius 2 is 1.06 bits per heavy atom. The summed E-state index contributed by atoms with van der Waals surface area (Å²) in [5.41, 5.74) is 0. The van der Waals surface area contributed by atoms with Crippen LogP contribution in [0.2, 0.25) is 0 Å². The van der Waals surface area contributed by atoms with Crippen LogP contribution in [-0.2, 0) is 23.8 Å². The van der Waals surface area contributed by atoms with Crippen molar-refractivity contribution in [2.24, 2.45) is 0 Å². The summed E-state index contributed by atoms with van der Waals surface area (Å²) in [6, 6.07) is 0. The van der Waals surface area contributed by atoms with Gasteiger partial charge >= 0.3 is 11.9 Å². The minimum Gasteiger partial charge on any atom is -0.461 e. The summed E-state index contributed by atoms with van der Waals surface area (Å²) in [4.78, 5) is 24.6. The fourth-order valence-corrected chi connectivity index (χ4v) is 2.65.